The molecule has 19 heavy (non-hydrogen) atoms. The second-order valence-corrected chi connectivity index (χ2v) is 6.86. The number of H-pyrrole nitrogens is 1. The van der Waals surface area contributed by atoms with Gasteiger partial charge in [0.15, 0.2) is 15.0 Å². The van der Waals surface area contributed by atoms with Crippen LogP contribution in [0.4, 0.5) is 5.69 Å². The van der Waals surface area contributed by atoms with Crippen molar-refractivity contribution >= 4 is 27.3 Å². The summed E-state index contributed by atoms with van der Waals surface area (Å²) >= 11 is 1.16. The third-order valence-electron chi connectivity index (χ3n) is 2.26. The highest BCUT2D eigenvalue weighted by molar-refractivity contribution is 7.99. The van der Waals surface area contributed by atoms with E-state index in [9.17, 15) is 13.2 Å². The standard InChI is InChI=1S/C11H11N3O3S2/c1-19(16,17)7-2-3-9(8(12)6-7)18-11-13-5-4-10(15)14-11/h2-6H,12H2,1H3,(H,13,14,15). The lowest BCUT2D eigenvalue weighted by Crippen LogP contribution is -2.05. The number of benzene rings is 1. The topological polar surface area (TPSA) is 106 Å². The van der Waals surface area contributed by atoms with Crippen molar-refractivity contribution in [2.45, 2.75) is 14.9 Å². The van der Waals surface area contributed by atoms with Gasteiger partial charge in [0.05, 0.1) is 4.90 Å². The van der Waals surface area contributed by atoms with Crippen LogP contribution >= 0.6 is 11.8 Å². The van der Waals surface area contributed by atoms with Crippen molar-refractivity contribution in [1.29, 1.82) is 0 Å². The third kappa shape index (κ3) is 3.36. The van der Waals surface area contributed by atoms with Gasteiger partial charge in [-0.1, -0.05) is 0 Å². The zero-order valence-electron chi connectivity index (χ0n) is 9.95. The van der Waals surface area contributed by atoms with E-state index in [-0.39, 0.29) is 10.5 Å². The predicted octanol–water partition coefficient (Wildman–Crippen LogP) is 0.907. The second-order valence-electron chi connectivity index (χ2n) is 3.81. The fourth-order valence-electron chi connectivity index (χ4n) is 1.36. The van der Waals surface area contributed by atoms with Crippen LogP contribution in [-0.2, 0) is 9.84 Å². The summed E-state index contributed by atoms with van der Waals surface area (Å²) in [6, 6.07) is 5.75. The van der Waals surface area contributed by atoms with Gasteiger partial charge in [-0.2, -0.15) is 0 Å². The van der Waals surface area contributed by atoms with Crippen molar-refractivity contribution in [3.05, 3.63) is 40.8 Å². The zero-order valence-corrected chi connectivity index (χ0v) is 11.6. The molecule has 0 bridgehead atoms. The van der Waals surface area contributed by atoms with Crippen LogP contribution < -0.4 is 11.3 Å². The third-order valence-corrected chi connectivity index (χ3v) is 4.37. The number of rotatable bonds is 3. The number of hydrogen-bond donors (Lipinski definition) is 2. The van der Waals surface area contributed by atoms with Gasteiger partial charge in [0.25, 0.3) is 5.56 Å². The van der Waals surface area contributed by atoms with E-state index in [1.54, 1.807) is 6.07 Å². The van der Waals surface area contributed by atoms with Gasteiger partial charge in [0.2, 0.25) is 0 Å². The average molecular weight is 297 g/mol. The number of nitrogens with two attached hydrogens (primary N) is 1. The minimum atomic E-state index is -3.28. The molecule has 100 valence electrons. The second kappa shape index (κ2) is 5.06. The van der Waals surface area contributed by atoms with E-state index in [1.165, 1.54) is 24.4 Å². The van der Waals surface area contributed by atoms with E-state index >= 15 is 0 Å². The molecule has 1 aromatic carbocycles. The Morgan fingerprint density at radius 1 is 1.32 bits per heavy atom. The van der Waals surface area contributed by atoms with E-state index in [0.717, 1.165) is 18.0 Å². The molecule has 0 aliphatic heterocycles. The van der Waals surface area contributed by atoms with Crippen LogP contribution in [0.15, 0.2) is 50.2 Å². The molecule has 0 radical (unpaired) electrons. The Kier molecular flexibility index (Phi) is 3.63. The predicted molar refractivity (Wildman–Crippen MR) is 72.9 cm³/mol. The number of nitrogen functional groups attached to an aromatic ring is 1. The van der Waals surface area contributed by atoms with Gasteiger partial charge in [0.1, 0.15) is 0 Å². The van der Waals surface area contributed by atoms with E-state index in [1.807, 2.05) is 0 Å². The Morgan fingerprint density at radius 3 is 2.63 bits per heavy atom. The maximum absolute atomic E-state index is 11.4. The number of aromatic nitrogens is 2. The van der Waals surface area contributed by atoms with Crippen LogP contribution in [0.1, 0.15) is 0 Å². The number of aromatic amines is 1. The summed E-state index contributed by atoms with van der Waals surface area (Å²) in [6.45, 7) is 0. The summed E-state index contributed by atoms with van der Waals surface area (Å²) in [6.07, 6.45) is 2.51. The molecule has 0 amide bonds. The minimum Gasteiger partial charge on any atom is -0.398 e. The number of sulfone groups is 1. The van der Waals surface area contributed by atoms with E-state index < -0.39 is 9.84 Å². The Hall–Kier alpha value is -1.80. The molecule has 8 heteroatoms. The average Bonchev–Trinajstić information content (AvgIpc) is 2.30. The number of nitrogens with one attached hydrogen (secondary N) is 1. The molecule has 0 fully saturated rings. The van der Waals surface area contributed by atoms with Crippen LogP contribution in [0.3, 0.4) is 0 Å². The molecule has 3 N–H and O–H groups in total. The van der Waals surface area contributed by atoms with Crippen molar-refractivity contribution in [2.75, 3.05) is 12.0 Å². The smallest absolute Gasteiger partial charge is 0.251 e. The lowest BCUT2D eigenvalue weighted by Gasteiger charge is -2.06. The molecule has 0 unspecified atom stereocenters. The first-order valence-electron chi connectivity index (χ1n) is 5.19. The first-order chi connectivity index (χ1) is 8.86. The van der Waals surface area contributed by atoms with Gasteiger partial charge >= 0.3 is 0 Å². The van der Waals surface area contributed by atoms with E-state index in [0.29, 0.717) is 15.7 Å². The van der Waals surface area contributed by atoms with Gasteiger partial charge in [-0.3, -0.25) is 4.79 Å². The zero-order chi connectivity index (χ0) is 14.0. The lowest BCUT2D eigenvalue weighted by atomic mass is 10.3. The summed E-state index contributed by atoms with van der Waals surface area (Å²) in [5.74, 6) is 0. The van der Waals surface area contributed by atoms with Gasteiger partial charge in [-0.15, -0.1) is 0 Å². The maximum atomic E-state index is 11.4. The normalized spacial score (nSPS) is 11.4. The highest BCUT2D eigenvalue weighted by atomic mass is 32.2. The Labute approximate surface area is 114 Å². The Balaban J connectivity index is 2.35. The van der Waals surface area contributed by atoms with Crippen LogP contribution in [0.25, 0.3) is 0 Å². The molecule has 0 aliphatic rings. The fourth-order valence-corrected chi connectivity index (χ4v) is 2.80. The van der Waals surface area contributed by atoms with Crippen LogP contribution in [0.5, 0.6) is 0 Å². The Morgan fingerprint density at radius 2 is 2.05 bits per heavy atom. The molecule has 0 spiro atoms. The fraction of sp³-hybridized carbons (Fsp3) is 0.0909. The van der Waals surface area contributed by atoms with Crippen molar-refractivity contribution in [1.82, 2.24) is 9.97 Å². The highest BCUT2D eigenvalue weighted by Crippen LogP contribution is 2.30. The van der Waals surface area contributed by atoms with Crippen molar-refractivity contribution in [3.8, 4) is 0 Å². The van der Waals surface area contributed by atoms with E-state index in [4.69, 9.17) is 5.73 Å². The first kappa shape index (κ1) is 13.6. The molecule has 0 saturated carbocycles. The van der Waals surface area contributed by atoms with Gasteiger partial charge < -0.3 is 10.7 Å². The van der Waals surface area contributed by atoms with Crippen molar-refractivity contribution in [3.63, 3.8) is 0 Å². The largest absolute Gasteiger partial charge is 0.398 e. The molecule has 1 heterocycles. The van der Waals surface area contributed by atoms with Crippen molar-refractivity contribution in [2.24, 2.45) is 0 Å². The molecule has 2 aromatic rings. The van der Waals surface area contributed by atoms with Crippen LogP contribution in [0, 0.1) is 0 Å². The molecule has 6 nitrogen and oxygen atoms in total. The summed E-state index contributed by atoms with van der Waals surface area (Å²) in [5, 5.41) is 0.395. The first-order valence-corrected chi connectivity index (χ1v) is 7.90. The molecular weight excluding hydrogens is 286 g/mol. The van der Waals surface area contributed by atoms with Gasteiger partial charge in [-0.25, -0.2) is 13.4 Å². The van der Waals surface area contributed by atoms with Crippen molar-refractivity contribution < 1.29 is 8.42 Å². The molecule has 0 aliphatic carbocycles. The van der Waals surface area contributed by atoms with Gasteiger partial charge in [-0.05, 0) is 30.0 Å². The summed E-state index contributed by atoms with van der Waals surface area (Å²) in [4.78, 5) is 18.4. The number of anilines is 1. The molecule has 2 rings (SSSR count). The highest BCUT2D eigenvalue weighted by Gasteiger charge is 2.10. The summed E-state index contributed by atoms with van der Waals surface area (Å²) in [5.41, 5.74) is 5.86. The summed E-state index contributed by atoms with van der Waals surface area (Å²) in [7, 11) is -3.28. The van der Waals surface area contributed by atoms with E-state index in [2.05, 4.69) is 9.97 Å². The maximum Gasteiger partial charge on any atom is 0.251 e. The monoisotopic (exact) mass is 297 g/mol. The molecule has 0 atom stereocenters. The number of hydrogen-bond acceptors (Lipinski definition) is 6. The summed E-state index contributed by atoms with van der Waals surface area (Å²) < 4.78 is 22.8. The lowest BCUT2D eigenvalue weighted by molar-refractivity contribution is 0.602. The Bertz CT molecular complexity index is 769. The molecular formula is C11H11N3O3S2. The molecule has 1 aromatic heterocycles. The van der Waals surface area contributed by atoms with Gasteiger partial charge in [0, 0.05) is 29.1 Å². The van der Waals surface area contributed by atoms with Crippen LogP contribution in [-0.4, -0.2) is 24.6 Å². The number of nitrogens with zero attached hydrogens (tertiary/aromatic N) is 1. The minimum absolute atomic E-state index is 0.156. The van der Waals surface area contributed by atoms with Crippen LogP contribution in [0.2, 0.25) is 0 Å². The molecule has 0 saturated heterocycles. The SMILES string of the molecule is CS(=O)(=O)c1ccc(Sc2nccc(=O)[nH]2)c(N)c1. The quantitative estimate of drug-likeness (QED) is 0.644.